The molecule has 0 aromatic carbocycles. The van der Waals surface area contributed by atoms with Crippen LogP contribution in [0.15, 0.2) is 10.9 Å². The summed E-state index contributed by atoms with van der Waals surface area (Å²) in [5.41, 5.74) is 2.33. The van der Waals surface area contributed by atoms with E-state index in [-0.39, 0.29) is 5.91 Å². The van der Waals surface area contributed by atoms with Crippen LogP contribution in [0.25, 0.3) is 0 Å². The van der Waals surface area contributed by atoms with Crippen LogP contribution >= 0.6 is 11.3 Å². The third-order valence-electron chi connectivity index (χ3n) is 3.00. The van der Waals surface area contributed by atoms with Gasteiger partial charge >= 0.3 is 0 Å². The molecule has 1 heterocycles. The highest BCUT2D eigenvalue weighted by Crippen LogP contribution is 2.09. The molecule has 0 spiro atoms. The van der Waals surface area contributed by atoms with Gasteiger partial charge in [0.2, 0.25) is 0 Å². The molecule has 0 aliphatic heterocycles. The van der Waals surface area contributed by atoms with Crippen molar-refractivity contribution < 1.29 is 4.79 Å². The van der Waals surface area contributed by atoms with Crippen LogP contribution in [0.4, 0.5) is 0 Å². The fraction of sp³-hybridized carbons (Fsp3) is 0.714. The van der Waals surface area contributed by atoms with Crippen LogP contribution in [0.2, 0.25) is 0 Å². The number of hydrogen-bond donors (Lipinski definition) is 0. The number of aromatic nitrogens is 1. The molecule has 0 bridgehead atoms. The molecular formula is C14H24N2OS. The second-order valence-electron chi connectivity index (χ2n) is 4.58. The van der Waals surface area contributed by atoms with Gasteiger partial charge in [-0.05, 0) is 12.8 Å². The largest absolute Gasteiger partial charge is 0.337 e. The number of rotatable bonds is 9. The topological polar surface area (TPSA) is 33.2 Å². The van der Waals surface area contributed by atoms with Crippen molar-refractivity contribution in [2.45, 2.75) is 52.4 Å². The Kier molecular flexibility index (Phi) is 7.65. The minimum absolute atomic E-state index is 0.100. The van der Waals surface area contributed by atoms with Crippen LogP contribution in [-0.2, 0) is 0 Å². The number of carbonyl (C=O) groups is 1. The third-order valence-corrected chi connectivity index (χ3v) is 3.59. The molecule has 0 N–H and O–H groups in total. The first-order valence-electron chi connectivity index (χ1n) is 6.97. The monoisotopic (exact) mass is 268 g/mol. The lowest BCUT2D eigenvalue weighted by Crippen LogP contribution is -2.33. The van der Waals surface area contributed by atoms with Crippen molar-refractivity contribution in [1.29, 1.82) is 0 Å². The van der Waals surface area contributed by atoms with Crippen LogP contribution in [0.3, 0.4) is 0 Å². The zero-order chi connectivity index (χ0) is 13.2. The van der Waals surface area contributed by atoms with Crippen molar-refractivity contribution in [1.82, 2.24) is 9.88 Å². The van der Waals surface area contributed by atoms with Crippen molar-refractivity contribution in [3.63, 3.8) is 0 Å². The van der Waals surface area contributed by atoms with E-state index in [4.69, 9.17) is 0 Å². The lowest BCUT2D eigenvalue weighted by Gasteiger charge is -2.21. The summed E-state index contributed by atoms with van der Waals surface area (Å²) in [4.78, 5) is 18.4. The van der Waals surface area contributed by atoms with Crippen molar-refractivity contribution in [3.05, 3.63) is 16.6 Å². The van der Waals surface area contributed by atoms with Gasteiger partial charge in [0.15, 0.2) is 0 Å². The molecule has 1 amide bonds. The second kappa shape index (κ2) is 9.09. The van der Waals surface area contributed by atoms with E-state index in [1.54, 1.807) is 5.51 Å². The van der Waals surface area contributed by atoms with E-state index >= 15 is 0 Å². The highest BCUT2D eigenvalue weighted by molar-refractivity contribution is 7.07. The van der Waals surface area contributed by atoms with Crippen molar-refractivity contribution in [2.24, 2.45) is 0 Å². The maximum atomic E-state index is 12.3. The van der Waals surface area contributed by atoms with Crippen LogP contribution in [0, 0.1) is 0 Å². The Morgan fingerprint density at radius 1 is 1.17 bits per heavy atom. The summed E-state index contributed by atoms with van der Waals surface area (Å²) in [5, 5.41) is 1.84. The number of carbonyl (C=O) groups excluding carboxylic acids is 1. The summed E-state index contributed by atoms with van der Waals surface area (Å²) in [6.07, 6.45) is 6.95. The predicted molar refractivity (Wildman–Crippen MR) is 77.1 cm³/mol. The van der Waals surface area contributed by atoms with E-state index < -0.39 is 0 Å². The molecule has 4 heteroatoms. The van der Waals surface area contributed by atoms with E-state index in [2.05, 4.69) is 18.8 Å². The van der Waals surface area contributed by atoms with Gasteiger partial charge in [-0.15, -0.1) is 11.3 Å². The summed E-state index contributed by atoms with van der Waals surface area (Å²) >= 11 is 1.48. The molecule has 0 aliphatic carbocycles. The molecule has 0 unspecified atom stereocenters. The van der Waals surface area contributed by atoms with Gasteiger partial charge < -0.3 is 4.90 Å². The molecule has 1 aromatic rings. The molecule has 0 saturated carbocycles. The molecule has 1 rings (SSSR count). The Morgan fingerprint density at radius 2 is 1.78 bits per heavy atom. The fourth-order valence-corrected chi connectivity index (χ4v) is 2.43. The maximum Gasteiger partial charge on any atom is 0.273 e. The maximum absolute atomic E-state index is 12.3. The minimum Gasteiger partial charge on any atom is -0.337 e. The van der Waals surface area contributed by atoms with Gasteiger partial charge in [-0.2, -0.15) is 0 Å². The molecule has 0 saturated heterocycles. The number of hydrogen-bond acceptors (Lipinski definition) is 3. The van der Waals surface area contributed by atoms with E-state index in [0.29, 0.717) is 5.69 Å². The quantitative estimate of drug-likeness (QED) is 0.635. The van der Waals surface area contributed by atoms with Crippen molar-refractivity contribution in [2.75, 3.05) is 13.1 Å². The van der Waals surface area contributed by atoms with Crippen molar-refractivity contribution in [3.8, 4) is 0 Å². The summed E-state index contributed by atoms with van der Waals surface area (Å²) in [6, 6.07) is 0. The first kappa shape index (κ1) is 15.2. The first-order valence-corrected chi connectivity index (χ1v) is 7.91. The standard InChI is InChI=1S/C14H24N2OS/c1-3-5-7-9-16(10-8-6-4-2)14(17)13-11-18-12-15-13/h11-12H,3-10H2,1-2H3. The van der Waals surface area contributed by atoms with E-state index in [9.17, 15) is 4.79 Å². The zero-order valence-electron chi connectivity index (χ0n) is 11.5. The Morgan fingerprint density at radius 3 is 2.22 bits per heavy atom. The van der Waals surface area contributed by atoms with Crippen LogP contribution < -0.4 is 0 Å². The van der Waals surface area contributed by atoms with Crippen LogP contribution in [-0.4, -0.2) is 28.9 Å². The summed E-state index contributed by atoms with van der Waals surface area (Å²) in [7, 11) is 0. The Hall–Kier alpha value is -0.900. The zero-order valence-corrected chi connectivity index (χ0v) is 12.3. The van der Waals surface area contributed by atoms with Gasteiger partial charge in [0, 0.05) is 18.5 Å². The Bertz CT molecular complexity index is 315. The van der Waals surface area contributed by atoms with Gasteiger partial charge in [-0.25, -0.2) is 4.98 Å². The van der Waals surface area contributed by atoms with E-state index in [1.807, 2.05) is 10.3 Å². The first-order chi connectivity index (χ1) is 8.79. The number of amides is 1. The van der Waals surface area contributed by atoms with Crippen LogP contribution in [0.1, 0.15) is 62.9 Å². The smallest absolute Gasteiger partial charge is 0.273 e. The minimum atomic E-state index is 0.100. The summed E-state index contributed by atoms with van der Waals surface area (Å²) in [6.45, 7) is 6.11. The lowest BCUT2D eigenvalue weighted by atomic mass is 10.2. The van der Waals surface area contributed by atoms with Gasteiger partial charge in [0.1, 0.15) is 5.69 Å². The summed E-state index contributed by atoms with van der Waals surface area (Å²) < 4.78 is 0. The molecule has 0 aliphatic rings. The van der Waals surface area contributed by atoms with E-state index in [0.717, 1.165) is 25.9 Å². The van der Waals surface area contributed by atoms with Crippen molar-refractivity contribution >= 4 is 17.2 Å². The molecule has 0 atom stereocenters. The molecule has 0 radical (unpaired) electrons. The van der Waals surface area contributed by atoms with Crippen LogP contribution in [0.5, 0.6) is 0 Å². The third kappa shape index (κ3) is 5.17. The highest BCUT2D eigenvalue weighted by Gasteiger charge is 2.16. The molecule has 102 valence electrons. The molecule has 3 nitrogen and oxygen atoms in total. The molecule has 0 fully saturated rings. The Labute approximate surface area is 114 Å². The van der Waals surface area contributed by atoms with Gasteiger partial charge in [-0.1, -0.05) is 39.5 Å². The molecule has 1 aromatic heterocycles. The van der Waals surface area contributed by atoms with Gasteiger partial charge in [-0.3, -0.25) is 4.79 Å². The molecular weight excluding hydrogens is 244 g/mol. The summed E-state index contributed by atoms with van der Waals surface area (Å²) in [5.74, 6) is 0.100. The van der Waals surface area contributed by atoms with E-state index in [1.165, 1.54) is 37.0 Å². The highest BCUT2D eigenvalue weighted by atomic mass is 32.1. The average Bonchev–Trinajstić information content (AvgIpc) is 2.90. The van der Waals surface area contributed by atoms with Gasteiger partial charge in [0.25, 0.3) is 5.91 Å². The Balaban J connectivity index is 2.49. The number of unbranched alkanes of at least 4 members (excludes halogenated alkanes) is 4. The normalized spacial score (nSPS) is 10.6. The molecule has 18 heavy (non-hydrogen) atoms. The fourth-order valence-electron chi connectivity index (χ4n) is 1.90. The average molecular weight is 268 g/mol. The second-order valence-corrected chi connectivity index (χ2v) is 5.30. The number of thiazole rings is 1. The SMILES string of the molecule is CCCCCN(CCCCC)C(=O)c1cscn1. The lowest BCUT2D eigenvalue weighted by molar-refractivity contribution is 0.0744. The van der Waals surface area contributed by atoms with Gasteiger partial charge in [0.05, 0.1) is 5.51 Å². The number of nitrogens with zero attached hydrogens (tertiary/aromatic N) is 2. The predicted octanol–water partition coefficient (Wildman–Crippen LogP) is 3.97.